The smallest absolute Gasteiger partial charge is 0.453 e. The minimum absolute atomic E-state index is 0.0470. The fourth-order valence-corrected chi connectivity index (χ4v) is 5.66. The molecular weight excluding hydrogens is 651 g/mol. The lowest BCUT2D eigenvalue weighted by molar-refractivity contribution is -0.274. The van der Waals surface area contributed by atoms with Crippen LogP contribution in [0.5, 0.6) is 17.2 Å². The molecule has 0 aliphatic carbocycles. The van der Waals surface area contributed by atoms with Crippen molar-refractivity contribution in [2.75, 3.05) is 18.1 Å². The lowest BCUT2D eigenvalue weighted by Gasteiger charge is -2.44. The van der Waals surface area contributed by atoms with Crippen molar-refractivity contribution in [3.05, 3.63) is 71.8 Å². The van der Waals surface area contributed by atoms with Crippen molar-refractivity contribution in [3.8, 4) is 17.2 Å². The van der Waals surface area contributed by atoms with E-state index in [1.54, 1.807) is 0 Å². The van der Waals surface area contributed by atoms with Crippen LogP contribution in [-0.4, -0.2) is 51.5 Å². The van der Waals surface area contributed by atoms with Crippen LogP contribution in [0.1, 0.15) is 11.1 Å². The first-order valence-corrected chi connectivity index (χ1v) is 14.1. The van der Waals surface area contributed by atoms with Gasteiger partial charge in [0.25, 0.3) is 10.0 Å². The van der Waals surface area contributed by atoms with E-state index in [1.807, 2.05) is 0 Å². The summed E-state index contributed by atoms with van der Waals surface area (Å²) in [7, 11) is -4.50. The van der Waals surface area contributed by atoms with Gasteiger partial charge in [-0.25, -0.2) is 0 Å². The number of alkyl halides is 9. The minimum atomic E-state index is -5.01. The highest BCUT2D eigenvalue weighted by atomic mass is 32.2. The second-order valence-electron chi connectivity index (χ2n) is 9.84. The number of ether oxygens (including phenoxy) is 3. The number of halogens is 9. The Kier molecular flexibility index (Phi) is 8.20. The molecular formula is C27H19F9N2O6S. The van der Waals surface area contributed by atoms with Gasteiger partial charge in [0, 0.05) is 12.1 Å². The first-order valence-electron chi connectivity index (χ1n) is 12.7. The molecule has 0 spiro atoms. The molecule has 2 aliphatic rings. The van der Waals surface area contributed by atoms with E-state index in [0.717, 1.165) is 54.7 Å². The predicted octanol–water partition coefficient (Wildman–Crippen LogP) is 6.70. The summed E-state index contributed by atoms with van der Waals surface area (Å²) in [5, 5.41) is 11.3. The lowest BCUT2D eigenvalue weighted by Crippen LogP contribution is -2.53. The Balaban J connectivity index is 1.46. The van der Waals surface area contributed by atoms with Gasteiger partial charge in [0.15, 0.2) is 11.5 Å². The van der Waals surface area contributed by atoms with Gasteiger partial charge in [0.2, 0.25) is 0 Å². The molecule has 0 saturated carbocycles. The lowest BCUT2D eigenvalue weighted by atomic mass is 9.93. The van der Waals surface area contributed by atoms with Gasteiger partial charge in [-0.15, -0.1) is 13.2 Å². The van der Waals surface area contributed by atoms with Crippen LogP contribution in [0, 0.1) is 5.92 Å². The maximum absolute atomic E-state index is 13.4. The number of nitrogens with zero attached hydrogens (tertiary/aromatic N) is 2. The third-order valence-corrected chi connectivity index (χ3v) is 8.09. The van der Waals surface area contributed by atoms with Crippen LogP contribution in [0.3, 0.4) is 0 Å². The Labute approximate surface area is 248 Å². The molecule has 242 valence electrons. The molecule has 0 radical (unpaired) electrons. The molecule has 3 aromatic carbocycles. The van der Waals surface area contributed by atoms with E-state index in [0.29, 0.717) is 12.1 Å². The van der Waals surface area contributed by atoms with Crippen LogP contribution < -0.4 is 14.4 Å². The van der Waals surface area contributed by atoms with Crippen LogP contribution in [0.15, 0.2) is 70.0 Å². The van der Waals surface area contributed by atoms with Gasteiger partial charge in [-0.3, -0.25) is 0 Å². The monoisotopic (exact) mass is 670 g/mol. The number of aliphatic hydroxyl groups excluding tert-OH is 1. The van der Waals surface area contributed by atoms with Crippen molar-refractivity contribution in [2.45, 2.75) is 35.8 Å². The van der Waals surface area contributed by atoms with E-state index < -0.39 is 80.1 Å². The first-order chi connectivity index (χ1) is 20.8. The van der Waals surface area contributed by atoms with Crippen molar-refractivity contribution in [2.24, 2.45) is 10.3 Å². The fourth-order valence-electron chi connectivity index (χ4n) is 4.75. The molecule has 0 amide bonds. The maximum atomic E-state index is 13.4. The zero-order chi connectivity index (χ0) is 32.9. The first kappa shape index (κ1) is 32.4. The summed E-state index contributed by atoms with van der Waals surface area (Å²) >= 11 is 0. The largest absolute Gasteiger partial charge is 0.573 e. The van der Waals surface area contributed by atoms with Gasteiger partial charge in [-0.05, 0) is 60.7 Å². The number of fused-ring (bicyclic) bond motifs is 2. The third-order valence-electron chi connectivity index (χ3n) is 6.82. The normalized spacial score (nSPS) is 20.8. The Hall–Kier alpha value is -4.03. The second kappa shape index (κ2) is 11.4. The van der Waals surface area contributed by atoms with E-state index in [9.17, 15) is 53.0 Å². The number of sulfonamides is 1. The van der Waals surface area contributed by atoms with Crippen LogP contribution in [0.4, 0.5) is 50.9 Å². The Morgan fingerprint density at radius 3 is 1.84 bits per heavy atom. The van der Waals surface area contributed by atoms with Crippen LogP contribution in [0.2, 0.25) is 0 Å². The molecule has 3 atom stereocenters. The Morgan fingerprint density at radius 2 is 1.36 bits per heavy atom. The van der Waals surface area contributed by atoms with Gasteiger partial charge in [0.1, 0.15) is 5.75 Å². The Bertz CT molecular complexity index is 1640. The highest BCUT2D eigenvalue weighted by Crippen LogP contribution is 2.51. The number of rotatable bonds is 5. The van der Waals surface area contributed by atoms with E-state index in [-0.39, 0.29) is 24.6 Å². The zero-order valence-electron chi connectivity index (χ0n) is 22.2. The van der Waals surface area contributed by atoms with E-state index >= 15 is 0 Å². The number of hydrogen-bond donors (Lipinski definition) is 1. The summed E-state index contributed by atoms with van der Waals surface area (Å²) in [6.45, 7) is -0.570. The highest BCUT2D eigenvalue weighted by Gasteiger charge is 2.42. The summed E-state index contributed by atoms with van der Waals surface area (Å²) in [6.07, 6.45) is -15.3. The number of hydrogen-bond acceptors (Lipinski definition) is 7. The summed E-state index contributed by atoms with van der Waals surface area (Å²) in [5.41, 5.74) is -2.39. The molecule has 1 unspecified atom stereocenters. The van der Waals surface area contributed by atoms with Gasteiger partial charge < -0.3 is 24.2 Å². The molecule has 8 nitrogen and oxygen atoms in total. The maximum Gasteiger partial charge on any atom is 0.573 e. The minimum Gasteiger partial charge on any atom is -0.453 e. The molecule has 2 heterocycles. The summed E-state index contributed by atoms with van der Waals surface area (Å²) in [6, 6.07) is 6.61. The topological polar surface area (TPSA) is 97.7 Å². The fraction of sp³-hybridized carbons (Fsp3) is 0.296. The van der Waals surface area contributed by atoms with Crippen molar-refractivity contribution in [1.82, 2.24) is 0 Å². The average molecular weight is 671 g/mol. The van der Waals surface area contributed by atoms with E-state index in [1.165, 1.54) is 4.90 Å². The summed E-state index contributed by atoms with van der Waals surface area (Å²) < 4.78 is 161. The molecule has 3 aromatic rings. The SMILES string of the molecule is O=S(=O)(/N=C\C1COC[C@H](N2c3ccc(C(F)(F)F)cc3Oc3cc(C(F)(F)F)ccc32)[C@H]1O)c1ccc(OC(F)(F)F)cc1. The van der Waals surface area contributed by atoms with Gasteiger partial charge in [-0.1, -0.05) is 0 Å². The molecule has 18 heteroatoms. The standard InChI is InChI=1S/C27H19F9N2O6S/c28-25(29,30)15-1-7-19-22(9-15)43-23-10-16(26(31,32)33)2-8-20(23)38(19)21-13-42-12-14(24(21)39)11-37-45(40,41)18-5-3-17(4-6-18)44-27(34,35)36/h1-11,14,21,24,39H,12-13H2/b37-11-/t14?,21-,24-/m0/s1. The molecule has 0 aromatic heterocycles. The van der Waals surface area contributed by atoms with Crippen molar-refractivity contribution >= 4 is 27.6 Å². The number of benzene rings is 3. The third kappa shape index (κ3) is 6.96. The molecule has 2 aliphatic heterocycles. The van der Waals surface area contributed by atoms with Gasteiger partial charge in [0.05, 0.1) is 52.8 Å². The van der Waals surface area contributed by atoms with E-state index in [2.05, 4.69) is 9.13 Å². The molecule has 1 N–H and O–H groups in total. The van der Waals surface area contributed by atoms with Crippen molar-refractivity contribution in [1.29, 1.82) is 0 Å². The number of anilines is 2. The zero-order valence-corrected chi connectivity index (χ0v) is 23.0. The molecule has 0 bridgehead atoms. The molecule has 45 heavy (non-hydrogen) atoms. The van der Waals surface area contributed by atoms with Gasteiger partial charge in [-0.2, -0.15) is 39.2 Å². The number of aliphatic hydroxyl groups is 1. The molecule has 5 rings (SSSR count). The van der Waals surface area contributed by atoms with E-state index in [4.69, 9.17) is 9.47 Å². The summed E-state index contributed by atoms with van der Waals surface area (Å²) in [4.78, 5) is 0.737. The molecule has 1 fully saturated rings. The van der Waals surface area contributed by atoms with Crippen molar-refractivity contribution in [3.63, 3.8) is 0 Å². The van der Waals surface area contributed by atoms with Crippen LogP contribution in [-0.2, 0) is 27.1 Å². The predicted molar refractivity (Wildman–Crippen MR) is 138 cm³/mol. The van der Waals surface area contributed by atoms with Crippen LogP contribution in [0.25, 0.3) is 0 Å². The highest BCUT2D eigenvalue weighted by molar-refractivity contribution is 7.90. The average Bonchev–Trinajstić information content (AvgIpc) is 2.93. The Morgan fingerprint density at radius 1 is 0.822 bits per heavy atom. The van der Waals surface area contributed by atoms with Crippen LogP contribution >= 0.6 is 0 Å². The second-order valence-corrected chi connectivity index (χ2v) is 11.5. The summed E-state index contributed by atoms with van der Waals surface area (Å²) in [5.74, 6) is -2.76. The van der Waals surface area contributed by atoms with Gasteiger partial charge >= 0.3 is 18.7 Å². The van der Waals surface area contributed by atoms with Crippen molar-refractivity contribution < 1.29 is 67.2 Å². The quantitative estimate of drug-likeness (QED) is 0.238. The molecule has 1 saturated heterocycles.